The minimum Gasteiger partial charge on any atom is -0.490 e. The predicted molar refractivity (Wildman–Crippen MR) is 125 cm³/mol. The van der Waals surface area contributed by atoms with Crippen molar-refractivity contribution in [3.63, 3.8) is 0 Å². The molecule has 0 saturated carbocycles. The van der Waals surface area contributed by atoms with E-state index >= 15 is 0 Å². The molecule has 0 N–H and O–H groups in total. The summed E-state index contributed by atoms with van der Waals surface area (Å²) in [5.74, 6) is 0.832. The molecule has 0 aliphatic carbocycles. The van der Waals surface area contributed by atoms with Gasteiger partial charge in [0.05, 0.1) is 19.6 Å². The topological polar surface area (TPSA) is 62.3 Å². The first-order valence-corrected chi connectivity index (χ1v) is 11.9. The zero-order valence-corrected chi connectivity index (χ0v) is 20.3. The number of rotatable bonds is 8. The van der Waals surface area contributed by atoms with Crippen LogP contribution in [0.4, 0.5) is 0 Å². The van der Waals surface area contributed by atoms with Gasteiger partial charge in [-0.3, -0.25) is 9.59 Å². The summed E-state index contributed by atoms with van der Waals surface area (Å²) in [6.07, 6.45) is 3.89. The van der Waals surface area contributed by atoms with Gasteiger partial charge in [-0.1, -0.05) is 11.6 Å². The molecule has 2 saturated heterocycles. The Hall–Kier alpha value is -1.83. The Labute approximate surface area is 196 Å². The van der Waals surface area contributed by atoms with Crippen molar-refractivity contribution in [1.29, 1.82) is 0 Å². The van der Waals surface area contributed by atoms with E-state index in [-0.39, 0.29) is 24.8 Å². The first-order chi connectivity index (χ1) is 15.3. The molecule has 8 heteroatoms. The molecule has 1 aromatic rings. The van der Waals surface area contributed by atoms with Gasteiger partial charge in [0.1, 0.15) is 18.0 Å². The average molecular weight is 466 g/mol. The van der Waals surface area contributed by atoms with E-state index in [1.165, 1.54) is 6.42 Å². The number of carbonyl (C=O) groups excluding carboxylic acids is 2. The summed E-state index contributed by atoms with van der Waals surface area (Å²) in [5, 5.41) is 0.680. The summed E-state index contributed by atoms with van der Waals surface area (Å²) < 4.78 is 12.3. The summed E-state index contributed by atoms with van der Waals surface area (Å²) in [6.45, 7) is 5.67. The van der Waals surface area contributed by atoms with Crippen molar-refractivity contribution in [2.75, 3.05) is 60.0 Å². The largest absolute Gasteiger partial charge is 0.490 e. The number of morpholine rings is 1. The van der Waals surface area contributed by atoms with Crippen molar-refractivity contribution in [3.05, 3.63) is 28.8 Å². The molecule has 1 atom stereocenters. The Balaban J connectivity index is 1.73. The number of benzene rings is 1. The molecule has 0 unspecified atom stereocenters. The fraction of sp³-hybridized carbons (Fsp3) is 0.667. The van der Waals surface area contributed by atoms with E-state index in [0.717, 1.165) is 31.5 Å². The monoisotopic (exact) mass is 465 g/mol. The fourth-order valence-corrected chi connectivity index (χ4v) is 4.35. The second-order valence-electron chi connectivity index (χ2n) is 9.22. The van der Waals surface area contributed by atoms with Crippen molar-refractivity contribution in [3.8, 4) is 5.75 Å². The highest BCUT2D eigenvalue weighted by Gasteiger charge is 2.42. The van der Waals surface area contributed by atoms with Crippen LogP contribution in [-0.2, 0) is 14.3 Å². The maximum atomic E-state index is 13.1. The molecule has 2 amide bonds. The maximum absolute atomic E-state index is 13.1. The first-order valence-electron chi connectivity index (χ1n) is 11.5. The molecule has 1 aromatic carbocycles. The van der Waals surface area contributed by atoms with Gasteiger partial charge in [-0.25, -0.2) is 0 Å². The van der Waals surface area contributed by atoms with Crippen LogP contribution in [-0.4, -0.2) is 92.1 Å². The van der Waals surface area contributed by atoms with E-state index in [9.17, 15) is 9.59 Å². The van der Waals surface area contributed by atoms with Crippen LogP contribution in [0.5, 0.6) is 5.75 Å². The number of halogens is 1. The lowest BCUT2D eigenvalue weighted by Crippen LogP contribution is -2.58. The molecule has 2 aliphatic heterocycles. The van der Waals surface area contributed by atoms with Crippen molar-refractivity contribution in [2.45, 2.75) is 44.6 Å². The lowest BCUT2D eigenvalue weighted by atomic mass is 9.96. The van der Waals surface area contributed by atoms with E-state index in [0.29, 0.717) is 43.4 Å². The van der Waals surface area contributed by atoms with Crippen molar-refractivity contribution >= 4 is 23.4 Å². The number of piperidine rings is 1. The number of hydrogen-bond donors (Lipinski definition) is 0. The Morgan fingerprint density at radius 1 is 1.12 bits per heavy atom. The molecule has 2 aliphatic rings. The molecule has 2 heterocycles. The van der Waals surface area contributed by atoms with Crippen LogP contribution < -0.4 is 4.74 Å². The van der Waals surface area contributed by atoms with Crippen LogP contribution in [0.25, 0.3) is 0 Å². The Morgan fingerprint density at radius 2 is 1.88 bits per heavy atom. The van der Waals surface area contributed by atoms with Gasteiger partial charge in [0, 0.05) is 37.6 Å². The lowest BCUT2D eigenvalue weighted by molar-refractivity contribution is -0.166. The number of aryl methyl sites for hydroxylation is 1. The molecule has 2 fully saturated rings. The molecule has 3 rings (SSSR count). The highest BCUT2D eigenvalue weighted by atomic mass is 35.5. The molecule has 32 heavy (non-hydrogen) atoms. The summed E-state index contributed by atoms with van der Waals surface area (Å²) in [5.41, 5.74) is 0.0568. The number of likely N-dealkylation sites (tertiary alicyclic amines) is 1. The average Bonchev–Trinajstić information content (AvgIpc) is 2.79. The first kappa shape index (κ1) is 24.8. The second-order valence-corrected chi connectivity index (χ2v) is 9.63. The normalized spacial score (nSPS) is 21.7. The zero-order chi connectivity index (χ0) is 23.1. The molecule has 0 bridgehead atoms. The van der Waals surface area contributed by atoms with Gasteiger partial charge in [0.25, 0.3) is 0 Å². The third-order valence-electron chi connectivity index (χ3n) is 6.19. The van der Waals surface area contributed by atoms with Crippen molar-refractivity contribution < 1.29 is 19.1 Å². The Morgan fingerprint density at radius 3 is 2.56 bits per heavy atom. The Kier molecular flexibility index (Phi) is 8.79. The minimum atomic E-state index is -0.867. The van der Waals surface area contributed by atoms with Gasteiger partial charge in [0.15, 0.2) is 0 Å². The van der Waals surface area contributed by atoms with Crippen molar-refractivity contribution in [2.24, 2.45) is 0 Å². The molecule has 7 nitrogen and oxygen atoms in total. The van der Waals surface area contributed by atoms with Gasteiger partial charge in [0.2, 0.25) is 11.8 Å². The van der Waals surface area contributed by atoms with Crippen LogP contribution >= 0.6 is 11.6 Å². The molecule has 178 valence electrons. The standard InChI is InChI=1S/C24H36ClN3O4/c1-19-15-20(7-8-21(19)25)31-18-24(16-23(30)27-10-5-4-6-11-27)17-28(13-14-32-24)22(29)9-12-26(2)3/h7-8,15H,4-6,9-14,16-18H2,1-3H3/t24-/m0/s1. The molecular weight excluding hydrogens is 430 g/mol. The SMILES string of the molecule is Cc1cc(OC[C@]2(CC(=O)N3CCCCC3)CN(C(=O)CCN(C)C)CCO2)ccc1Cl. The Bertz CT molecular complexity index is 797. The van der Waals surface area contributed by atoms with E-state index in [2.05, 4.69) is 0 Å². The van der Waals surface area contributed by atoms with Crippen LogP contribution in [0.2, 0.25) is 5.02 Å². The fourth-order valence-electron chi connectivity index (χ4n) is 4.23. The molecule has 0 spiro atoms. The van der Waals surface area contributed by atoms with Gasteiger partial charge >= 0.3 is 0 Å². The highest BCUT2D eigenvalue weighted by Crippen LogP contribution is 2.28. The van der Waals surface area contributed by atoms with E-state index in [4.69, 9.17) is 21.1 Å². The van der Waals surface area contributed by atoms with Gasteiger partial charge < -0.3 is 24.2 Å². The van der Waals surface area contributed by atoms with Crippen LogP contribution in [0.15, 0.2) is 18.2 Å². The second kappa shape index (κ2) is 11.3. The van der Waals surface area contributed by atoms with E-state index in [1.807, 2.05) is 47.9 Å². The number of amides is 2. The number of hydrogen-bond acceptors (Lipinski definition) is 5. The number of ether oxygens (including phenoxy) is 2. The van der Waals surface area contributed by atoms with E-state index < -0.39 is 5.60 Å². The van der Waals surface area contributed by atoms with Crippen LogP contribution in [0.3, 0.4) is 0 Å². The van der Waals surface area contributed by atoms with E-state index in [1.54, 1.807) is 6.07 Å². The third-order valence-corrected chi connectivity index (χ3v) is 6.61. The minimum absolute atomic E-state index is 0.0724. The summed E-state index contributed by atoms with van der Waals surface area (Å²) in [4.78, 5) is 31.7. The molecule has 0 aromatic heterocycles. The number of nitrogens with zero attached hydrogens (tertiary/aromatic N) is 3. The van der Waals surface area contributed by atoms with Gasteiger partial charge in [-0.15, -0.1) is 0 Å². The zero-order valence-electron chi connectivity index (χ0n) is 19.6. The lowest BCUT2D eigenvalue weighted by Gasteiger charge is -2.43. The van der Waals surface area contributed by atoms with Crippen molar-refractivity contribution in [1.82, 2.24) is 14.7 Å². The summed E-state index contributed by atoms with van der Waals surface area (Å²) in [6, 6.07) is 5.50. The highest BCUT2D eigenvalue weighted by molar-refractivity contribution is 6.31. The summed E-state index contributed by atoms with van der Waals surface area (Å²) >= 11 is 6.14. The van der Waals surface area contributed by atoms with Gasteiger partial charge in [-0.2, -0.15) is 0 Å². The summed E-state index contributed by atoms with van der Waals surface area (Å²) in [7, 11) is 3.91. The predicted octanol–water partition coefficient (Wildman–Crippen LogP) is 2.98. The number of carbonyl (C=O) groups is 2. The van der Waals surface area contributed by atoms with Crippen LogP contribution in [0.1, 0.15) is 37.7 Å². The molecular formula is C24H36ClN3O4. The van der Waals surface area contributed by atoms with Crippen LogP contribution in [0, 0.1) is 6.92 Å². The smallest absolute Gasteiger partial charge is 0.225 e. The van der Waals surface area contributed by atoms with Gasteiger partial charge in [-0.05, 0) is 64.0 Å². The quantitative estimate of drug-likeness (QED) is 0.590. The third kappa shape index (κ3) is 6.83. The molecule has 0 radical (unpaired) electrons. The maximum Gasteiger partial charge on any atom is 0.225 e.